The molecular weight excluding hydrogens is 370 g/mol. The van der Waals surface area contributed by atoms with E-state index in [1.165, 1.54) is 0 Å². The van der Waals surface area contributed by atoms with Crippen LogP contribution in [0.2, 0.25) is 0 Å². The van der Waals surface area contributed by atoms with E-state index in [0.717, 1.165) is 27.0 Å². The summed E-state index contributed by atoms with van der Waals surface area (Å²) in [7, 11) is 1.63. The standard InChI is InChI=1S/C22H23N3O2S/c1-22(2,3)21-23-13-18(28-21)19-24-17-8-6-5-7-16(17)20(26)25(19)14-9-11-15(27-4)12-10-14/h5-13,19,24H,1-4H3/t19-/m1/s1. The summed E-state index contributed by atoms with van der Waals surface area (Å²) in [5.74, 6) is 0.723. The molecule has 6 heteroatoms. The number of hydrogen-bond acceptors (Lipinski definition) is 5. The number of benzene rings is 2. The Bertz CT molecular complexity index is 1010. The Hall–Kier alpha value is -2.86. The van der Waals surface area contributed by atoms with Gasteiger partial charge in [-0.2, -0.15) is 0 Å². The maximum absolute atomic E-state index is 13.4. The molecule has 144 valence electrons. The smallest absolute Gasteiger partial charge is 0.262 e. The summed E-state index contributed by atoms with van der Waals surface area (Å²) in [5.41, 5.74) is 2.27. The molecule has 0 saturated carbocycles. The van der Waals surface area contributed by atoms with Gasteiger partial charge in [-0.15, -0.1) is 11.3 Å². The zero-order valence-electron chi connectivity index (χ0n) is 16.4. The quantitative estimate of drug-likeness (QED) is 0.663. The third-order valence-electron chi connectivity index (χ3n) is 4.71. The maximum Gasteiger partial charge on any atom is 0.262 e. The number of fused-ring (bicyclic) bond motifs is 1. The first-order valence-corrected chi connectivity index (χ1v) is 9.99. The maximum atomic E-state index is 13.4. The van der Waals surface area contributed by atoms with Gasteiger partial charge in [-0.1, -0.05) is 32.9 Å². The Kier molecular flexibility index (Phi) is 4.59. The molecule has 3 aromatic rings. The van der Waals surface area contributed by atoms with Crippen LogP contribution in [0.25, 0.3) is 0 Å². The van der Waals surface area contributed by atoms with Crippen molar-refractivity contribution >= 4 is 28.6 Å². The molecule has 1 aromatic heterocycles. The van der Waals surface area contributed by atoms with Crippen molar-refractivity contribution in [2.24, 2.45) is 0 Å². The van der Waals surface area contributed by atoms with Crippen LogP contribution in [0.5, 0.6) is 5.75 Å². The summed E-state index contributed by atoms with van der Waals surface area (Å²) in [6.07, 6.45) is 1.56. The molecule has 1 aliphatic heterocycles. The topological polar surface area (TPSA) is 54.5 Å². The second-order valence-electron chi connectivity index (χ2n) is 7.78. The van der Waals surface area contributed by atoms with E-state index in [1.54, 1.807) is 23.3 Å². The molecule has 1 amide bonds. The second-order valence-corrected chi connectivity index (χ2v) is 8.85. The highest BCUT2D eigenvalue weighted by Gasteiger charge is 2.35. The first kappa shape index (κ1) is 18.5. The van der Waals surface area contributed by atoms with Crippen molar-refractivity contribution in [1.82, 2.24) is 4.98 Å². The first-order valence-electron chi connectivity index (χ1n) is 9.18. The van der Waals surface area contributed by atoms with Gasteiger partial charge in [0, 0.05) is 23.0 Å². The number of carbonyl (C=O) groups is 1. The van der Waals surface area contributed by atoms with Gasteiger partial charge in [-0.25, -0.2) is 4.98 Å². The number of rotatable bonds is 3. The molecule has 0 unspecified atom stereocenters. The van der Waals surface area contributed by atoms with Gasteiger partial charge in [0.25, 0.3) is 5.91 Å². The van der Waals surface area contributed by atoms with Gasteiger partial charge in [-0.05, 0) is 36.4 Å². The van der Waals surface area contributed by atoms with Crippen LogP contribution in [0.15, 0.2) is 54.7 Å². The molecule has 4 rings (SSSR count). The van der Waals surface area contributed by atoms with Crippen LogP contribution in [0, 0.1) is 0 Å². The minimum atomic E-state index is -0.315. The molecular formula is C22H23N3O2S. The van der Waals surface area contributed by atoms with E-state index < -0.39 is 0 Å². The average Bonchev–Trinajstić information content (AvgIpc) is 3.19. The van der Waals surface area contributed by atoms with E-state index in [-0.39, 0.29) is 17.5 Å². The molecule has 5 nitrogen and oxygen atoms in total. The Labute approximate surface area is 169 Å². The van der Waals surface area contributed by atoms with Gasteiger partial charge in [0.2, 0.25) is 0 Å². The number of para-hydroxylation sites is 1. The molecule has 2 heterocycles. The number of anilines is 2. The van der Waals surface area contributed by atoms with Gasteiger partial charge < -0.3 is 10.1 Å². The first-order chi connectivity index (χ1) is 13.4. The predicted molar refractivity (Wildman–Crippen MR) is 113 cm³/mol. The Morgan fingerprint density at radius 1 is 1.11 bits per heavy atom. The number of carbonyl (C=O) groups excluding carboxylic acids is 1. The summed E-state index contributed by atoms with van der Waals surface area (Å²) in [6, 6.07) is 15.2. The van der Waals surface area contributed by atoms with Crippen molar-refractivity contribution in [2.45, 2.75) is 32.4 Å². The van der Waals surface area contributed by atoms with E-state index in [4.69, 9.17) is 4.74 Å². The highest BCUT2D eigenvalue weighted by Crippen LogP contribution is 2.40. The zero-order valence-corrected chi connectivity index (χ0v) is 17.2. The van der Waals surface area contributed by atoms with Crippen LogP contribution in [0.1, 0.15) is 47.2 Å². The van der Waals surface area contributed by atoms with Gasteiger partial charge in [-0.3, -0.25) is 9.69 Å². The molecule has 28 heavy (non-hydrogen) atoms. The number of methoxy groups -OCH3 is 1. The van der Waals surface area contributed by atoms with Gasteiger partial charge >= 0.3 is 0 Å². The minimum Gasteiger partial charge on any atom is -0.497 e. The van der Waals surface area contributed by atoms with Crippen molar-refractivity contribution in [3.8, 4) is 5.75 Å². The molecule has 0 aliphatic carbocycles. The van der Waals surface area contributed by atoms with Crippen molar-refractivity contribution < 1.29 is 9.53 Å². The van der Waals surface area contributed by atoms with Crippen LogP contribution in [0.4, 0.5) is 11.4 Å². The summed E-state index contributed by atoms with van der Waals surface area (Å²) < 4.78 is 5.26. The fraction of sp³-hybridized carbons (Fsp3) is 0.273. The van der Waals surface area contributed by atoms with Crippen LogP contribution in [-0.4, -0.2) is 18.0 Å². The predicted octanol–water partition coefficient (Wildman–Crippen LogP) is 5.22. The van der Waals surface area contributed by atoms with Crippen molar-refractivity contribution in [1.29, 1.82) is 0 Å². The Balaban J connectivity index is 1.81. The van der Waals surface area contributed by atoms with Crippen molar-refractivity contribution in [2.75, 3.05) is 17.3 Å². The molecule has 0 bridgehead atoms. The number of ether oxygens (including phenoxy) is 1. The van der Waals surface area contributed by atoms with E-state index in [1.807, 2.05) is 54.7 Å². The lowest BCUT2D eigenvalue weighted by Gasteiger charge is -2.37. The number of aromatic nitrogens is 1. The average molecular weight is 394 g/mol. The van der Waals surface area contributed by atoms with Crippen molar-refractivity contribution in [3.63, 3.8) is 0 Å². The number of nitrogens with one attached hydrogen (secondary N) is 1. The van der Waals surface area contributed by atoms with Crippen molar-refractivity contribution in [3.05, 3.63) is 70.2 Å². The van der Waals surface area contributed by atoms with Gasteiger partial charge in [0.05, 0.1) is 22.6 Å². The normalized spacial score (nSPS) is 16.5. The highest BCUT2D eigenvalue weighted by atomic mass is 32.1. The summed E-state index contributed by atoms with van der Waals surface area (Å²) >= 11 is 1.64. The van der Waals surface area contributed by atoms with Crippen LogP contribution in [-0.2, 0) is 5.41 Å². The summed E-state index contributed by atoms with van der Waals surface area (Å²) in [5, 5.41) is 4.58. The zero-order chi connectivity index (χ0) is 19.9. The monoisotopic (exact) mass is 393 g/mol. The minimum absolute atomic E-state index is 0.0322. The highest BCUT2D eigenvalue weighted by molar-refractivity contribution is 7.11. The Morgan fingerprint density at radius 2 is 1.82 bits per heavy atom. The number of hydrogen-bond donors (Lipinski definition) is 1. The number of thiazole rings is 1. The van der Waals surface area contributed by atoms with E-state index in [9.17, 15) is 4.79 Å². The number of amides is 1. The molecule has 1 N–H and O–H groups in total. The lowest BCUT2D eigenvalue weighted by molar-refractivity contribution is 0.0975. The second kappa shape index (κ2) is 6.95. The molecule has 2 aromatic carbocycles. The third-order valence-corrected chi connectivity index (χ3v) is 6.19. The van der Waals surface area contributed by atoms with Gasteiger partial charge in [0.15, 0.2) is 0 Å². The summed E-state index contributed by atoms with van der Waals surface area (Å²) in [6.45, 7) is 6.43. The largest absolute Gasteiger partial charge is 0.497 e. The van der Waals surface area contributed by atoms with Crippen LogP contribution in [0.3, 0.4) is 0 Å². The molecule has 0 radical (unpaired) electrons. The molecule has 1 aliphatic rings. The molecule has 0 fully saturated rings. The van der Waals surface area contributed by atoms with Gasteiger partial charge in [0.1, 0.15) is 11.9 Å². The third kappa shape index (κ3) is 3.24. The molecule has 0 spiro atoms. The fourth-order valence-electron chi connectivity index (χ4n) is 3.22. The fourth-order valence-corrected chi connectivity index (χ4v) is 4.24. The Morgan fingerprint density at radius 3 is 2.46 bits per heavy atom. The number of nitrogens with zero attached hydrogens (tertiary/aromatic N) is 2. The summed E-state index contributed by atoms with van der Waals surface area (Å²) in [4.78, 5) is 20.8. The van der Waals surface area contributed by atoms with E-state index in [0.29, 0.717) is 5.56 Å². The van der Waals surface area contributed by atoms with E-state index >= 15 is 0 Å². The van der Waals surface area contributed by atoms with E-state index in [2.05, 4.69) is 31.1 Å². The van der Waals surface area contributed by atoms with Crippen LogP contribution < -0.4 is 15.0 Å². The SMILES string of the molecule is COc1ccc(N2C(=O)c3ccccc3N[C@H]2c2cnc(C(C)(C)C)s2)cc1. The lowest BCUT2D eigenvalue weighted by atomic mass is 9.98. The van der Waals surface area contributed by atoms with Crippen LogP contribution >= 0.6 is 11.3 Å². The molecule has 1 atom stereocenters. The molecule has 0 saturated heterocycles. The lowest BCUT2D eigenvalue weighted by Crippen LogP contribution is -2.42.